The monoisotopic (exact) mass is 697 g/mol. The Balaban J connectivity index is 1.31. The molecule has 1 aliphatic heterocycles. The van der Waals surface area contributed by atoms with Gasteiger partial charge in [0.2, 0.25) is 5.13 Å². The highest BCUT2D eigenvalue weighted by molar-refractivity contribution is 8.00. The van der Waals surface area contributed by atoms with Crippen LogP contribution in [0.15, 0.2) is 107 Å². The summed E-state index contributed by atoms with van der Waals surface area (Å²) in [6.45, 7) is 5.00. The summed E-state index contributed by atoms with van der Waals surface area (Å²) in [5.74, 6) is -0.0944. The van der Waals surface area contributed by atoms with Gasteiger partial charge >= 0.3 is 5.91 Å². The summed E-state index contributed by atoms with van der Waals surface area (Å²) >= 11 is 8.96. The fourth-order valence-corrected chi connectivity index (χ4v) is 7.38. The lowest BCUT2D eigenvalue weighted by molar-refractivity contribution is -0.132. The number of anilines is 1. The molecule has 8 nitrogen and oxygen atoms in total. The highest BCUT2D eigenvalue weighted by atomic mass is 35.5. The van der Waals surface area contributed by atoms with Crippen LogP contribution < -0.4 is 14.4 Å². The Hall–Kier alpha value is -4.64. The summed E-state index contributed by atoms with van der Waals surface area (Å²) in [6.07, 6.45) is 0.853. The number of benzene rings is 4. The first-order valence-corrected chi connectivity index (χ1v) is 17.5. The van der Waals surface area contributed by atoms with E-state index in [4.69, 9.17) is 21.1 Å². The summed E-state index contributed by atoms with van der Waals surface area (Å²) in [5.41, 5.74) is 4.08. The number of ketones is 1. The number of halogens is 1. The first-order chi connectivity index (χ1) is 23.3. The second kappa shape index (κ2) is 15.1. The van der Waals surface area contributed by atoms with Crippen LogP contribution in [0.5, 0.6) is 11.5 Å². The fourth-order valence-electron chi connectivity index (χ4n) is 5.22. The number of Topliss-reactive ketones (excluding diaryl/α,β-unsaturated/α-hetero) is 1. The van der Waals surface area contributed by atoms with Gasteiger partial charge in [-0.15, -0.1) is 10.2 Å². The molecular weight excluding hydrogens is 666 g/mol. The predicted octanol–water partition coefficient (Wildman–Crippen LogP) is 8.79. The van der Waals surface area contributed by atoms with E-state index >= 15 is 0 Å². The van der Waals surface area contributed by atoms with Crippen molar-refractivity contribution < 1.29 is 24.2 Å². The molecule has 1 atom stereocenters. The second-order valence-electron chi connectivity index (χ2n) is 11.1. The highest BCUT2D eigenvalue weighted by Crippen LogP contribution is 2.44. The molecule has 5 aromatic rings. The van der Waals surface area contributed by atoms with Crippen LogP contribution in [0.1, 0.15) is 47.2 Å². The van der Waals surface area contributed by atoms with Crippen LogP contribution in [0.25, 0.3) is 5.76 Å². The first kappa shape index (κ1) is 33.3. The van der Waals surface area contributed by atoms with Crippen LogP contribution in [0, 0.1) is 6.92 Å². The minimum atomic E-state index is -0.948. The smallest absolute Gasteiger partial charge is 0.301 e. The molecule has 0 radical (unpaired) electrons. The van der Waals surface area contributed by atoms with E-state index in [9.17, 15) is 14.7 Å². The van der Waals surface area contributed by atoms with Gasteiger partial charge in [0.15, 0.2) is 4.34 Å². The number of aromatic nitrogens is 2. The van der Waals surface area contributed by atoms with Crippen LogP contribution in [-0.4, -0.2) is 33.6 Å². The summed E-state index contributed by atoms with van der Waals surface area (Å²) < 4.78 is 12.3. The molecule has 1 unspecified atom stereocenters. The van der Waals surface area contributed by atoms with Gasteiger partial charge in [-0.3, -0.25) is 14.5 Å². The minimum absolute atomic E-state index is 0.0451. The first-order valence-electron chi connectivity index (χ1n) is 15.3. The Kier molecular flexibility index (Phi) is 10.4. The molecule has 1 saturated heterocycles. The number of aryl methyl sites for hydroxylation is 1. The van der Waals surface area contributed by atoms with E-state index < -0.39 is 17.7 Å². The van der Waals surface area contributed by atoms with Crippen molar-refractivity contribution in [2.75, 3.05) is 11.5 Å². The number of aliphatic hydroxyl groups is 1. The van der Waals surface area contributed by atoms with Gasteiger partial charge in [0, 0.05) is 16.3 Å². The lowest BCUT2D eigenvalue weighted by Crippen LogP contribution is -2.29. The predicted molar refractivity (Wildman–Crippen MR) is 190 cm³/mol. The average molecular weight is 698 g/mol. The van der Waals surface area contributed by atoms with Gasteiger partial charge < -0.3 is 14.6 Å². The van der Waals surface area contributed by atoms with E-state index in [2.05, 4.69) is 10.2 Å². The van der Waals surface area contributed by atoms with Gasteiger partial charge in [-0.1, -0.05) is 96.2 Å². The summed E-state index contributed by atoms with van der Waals surface area (Å²) in [4.78, 5) is 28.7. The third kappa shape index (κ3) is 7.26. The van der Waals surface area contributed by atoms with Gasteiger partial charge in [-0.05, 0) is 78.1 Å². The molecule has 4 aromatic carbocycles. The van der Waals surface area contributed by atoms with Crippen molar-refractivity contribution in [3.63, 3.8) is 0 Å². The Bertz CT molecular complexity index is 1960. The number of carbonyl (C=O) groups is 2. The molecule has 6 rings (SSSR count). The number of thioether (sulfide) groups is 1. The Morgan fingerprint density at radius 1 is 0.896 bits per heavy atom. The van der Waals surface area contributed by atoms with Crippen LogP contribution in [0.4, 0.5) is 5.13 Å². The fraction of sp³-hybridized carbons (Fsp3) is 0.189. The molecule has 11 heteroatoms. The van der Waals surface area contributed by atoms with Gasteiger partial charge in [-0.25, -0.2) is 0 Å². The van der Waals surface area contributed by atoms with Crippen LogP contribution >= 0.6 is 34.7 Å². The van der Waals surface area contributed by atoms with Crippen molar-refractivity contribution in [3.8, 4) is 11.5 Å². The maximum atomic E-state index is 13.7. The van der Waals surface area contributed by atoms with Crippen molar-refractivity contribution >= 4 is 57.3 Å². The number of rotatable bonds is 12. The maximum absolute atomic E-state index is 13.7. The Morgan fingerprint density at radius 3 is 2.27 bits per heavy atom. The molecule has 0 aliphatic carbocycles. The third-order valence-electron chi connectivity index (χ3n) is 7.81. The Labute approximate surface area is 292 Å². The van der Waals surface area contributed by atoms with Crippen molar-refractivity contribution in [3.05, 3.63) is 135 Å². The van der Waals surface area contributed by atoms with Gasteiger partial charge in [0.25, 0.3) is 5.78 Å². The van der Waals surface area contributed by atoms with Crippen LogP contribution in [0.3, 0.4) is 0 Å². The maximum Gasteiger partial charge on any atom is 0.301 e. The van der Waals surface area contributed by atoms with E-state index in [0.717, 1.165) is 23.1 Å². The summed E-state index contributed by atoms with van der Waals surface area (Å²) in [7, 11) is 0. The van der Waals surface area contributed by atoms with Crippen LogP contribution in [0.2, 0.25) is 5.02 Å². The molecular formula is C37H32ClN3O5S2. The van der Waals surface area contributed by atoms with E-state index in [-0.39, 0.29) is 16.5 Å². The number of nitrogens with zero attached hydrogens (tertiary/aromatic N) is 3. The summed E-state index contributed by atoms with van der Waals surface area (Å²) in [6, 6.07) is 28.5. The normalized spacial score (nSPS) is 15.6. The average Bonchev–Trinajstić information content (AvgIpc) is 3.68. The number of hydrogen-bond donors (Lipinski definition) is 1. The molecule has 1 amide bonds. The molecule has 0 spiro atoms. The SMILES string of the molecule is CCCOc1ccc(C2/C(=C(\O)c3ccc(OCc4ccccc4C)cc3)C(=O)C(=O)N2c2nnc(SCc3ccccc3Cl)s2)cc1. The number of hydrogen-bond acceptors (Lipinski definition) is 9. The summed E-state index contributed by atoms with van der Waals surface area (Å²) in [5, 5.41) is 21.1. The molecule has 0 bridgehead atoms. The molecule has 0 saturated carbocycles. The zero-order valence-corrected chi connectivity index (χ0v) is 28.6. The van der Waals surface area contributed by atoms with Gasteiger partial charge in [0.1, 0.15) is 23.9 Å². The molecule has 1 aromatic heterocycles. The highest BCUT2D eigenvalue weighted by Gasteiger charge is 2.48. The number of ether oxygens (including phenoxy) is 2. The number of carbonyl (C=O) groups excluding carboxylic acids is 2. The zero-order chi connectivity index (χ0) is 33.6. The van der Waals surface area contributed by atoms with Crippen molar-refractivity contribution in [1.29, 1.82) is 0 Å². The van der Waals surface area contributed by atoms with Gasteiger partial charge in [-0.2, -0.15) is 0 Å². The molecule has 1 aliphatic rings. The molecule has 48 heavy (non-hydrogen) atoms. The van der Waals surface area contributed by atoms with Crippen LogP contribution in [-0.2, 0) is 21.9 Å². The quantitative estimate of drug-likeness (QED) is 0.0454. The molecule has 244 valence electrons. The standard InChI is InChI=1S/C37H32ClN3O5S2/c1-3-20-45-28-16-12-24(13-17-28)32-31(33(42)25-14-18-29(19-15-25)46-21-26-9-5-4-8-23(26)2)34(43)35(44)41(32)36-39-40-37(48-36)47-22-27-10-6-7-11-30(27)38/h4-19,32,42H,3,20-22H2,1-2H3/b33-31+. The van der Waals surface area contributed by atoms with E-state index in [1.807, 2.05) is 62.4 Å². The number of amides is 1. The van der Waals surface area contributed by atoms with E-state index in [1.165, 1.54) is 28.0 Å². The topological polar surface area (TPSA) is 102 Å². The minimum Gasteiger partial charge on any atom is -0.507 e. The second-order valence-corrected chi connectivity index (χ2v) is 13.6. The number of aliphatic hydroxyl groups excluding tert-OH is 1. The third-order valence-corrected chi connectivity index (χ3v) is 10.3. The zero-order valence-electron chi connectivity index (χ0n) is 26.3. The lowest BCUT2D eigenvalue weighted by atomic mass is 9.95. The Morgan fingerprint density at radius 2 is 1.56 bits per heavy atom. The van der Waals surface area contributed by atoms with Crippen molar-refractivity contribution in [1.82, 2.24) is 10.2 Å². The van der Waals surface area contributed by atoms with Crippen molar-refractivity contribution in [2.24, 2.45) is 0 Å². The molecule has 2 heterocycles. The largest absolute Gasteiger partial charge is 0.507 e. The lowest BCUT2D eigenvalue weighted by Gasteiger charge is -2.22. The molecule has 1 N–H and O–H groups in total. The van der Waals surface area contributed by atoms with E-state index in [1.54, 1.807) is 48.5 Å². The van der Waals surface area contributed by atoms with Crippen molar-refractivity contribution in [2.45, 2.75) is 43.0 Å². The van der Waals surface area contributed by atoms with E-state index in [0.29, 0.717) is 51.0 Å². The molecule has 1 fully saturated rings. The van der Waals surface area contributed by atoms with Gasteiger partial charge in [0.05, 0.1) is 18.2 Å².